The first kappa shape index (κ1) is 12.6. The normalized spacial score (nSPS) is 12.1. The predicted octanol–water partition coefficient (Wildman–Crippen LogP) is 2.72. The van der Waals surface area contributed by atoms with Crippen LogP contribution in [0.5, 0.6) is 5.75 Å². The summed E-state index contributed by atoms with van der Waals surface area (Å²) in [5.41, 5.74) is 7.68. The Labute approximate surface area is 108 Å². The third-order valence-corrected chi connectivity index (χ3v) is 2.77. The van der Waals surface area contributed by atoms with E-state index < -0.39 is 0 Å². The van der Waals surface area contributed by atoms with Gasteiger partial charge in [-0.25, -0.2) is 0 Å². The van der Waals surface area contributed by atoms with E-state index in [4.69, 9.17) is 10.5 Å². The van der Waals surface area contributed by atoms with Crippen LogP contribution in [-0.2, 0) is 6.42 Å². The van der Waals surface area contributed by atoms with E-state index >= 15 is 0 Å². The lowest BCUT2D eigenvalue weighted by molar-refractivity contribution is 0.222. The van der Waals surface area contributed by atoms with Gasteiger partial charge in [-0.3, -0.25) is 4.98 Å². The van der Waals surface area contributed by atoms with E-state index in [-0.39, 0.29) is 6.10 Å². The first-order chi connectivity index (χ1) is 8.79. The molecule has 1 heterocycles. The lowest BCUT2D eigenvalue weighted by atomic mass is 10.1. The number of nitrogens with two attached hydrogens (primary N) is 1. The zero-order valence-electron chi connectivity index (χ0n) is 10.5. The molecule has 0 fully saturated rings. The van der Waals surface area contributed by atoms with Gasteiger partial charge >= 0.3 is 0 Å². The summed E-state index contributed by atoms with van der Waals surface area (Å²) in [5.74, 6) is 0.855. The van der Waals surface area contributed by atoms with Crippen LogP contribution in [0.2, 0.25) is 0 Å². The van der Waals surface area contributed by atoms with Crippen LogP contribution < -0.4 is 10.5 Å². The fourth-order valence-electron chi connectivity index (χ4n) is 1.78. The third kappa shape index (κ3) is 3.31. The maximum absolute atomic E-state index is 5.84. The van der Waals surface area contributed by atoms with Crippen molar-refractivity contribution in [2.24, 2.45) is 5.73 Å². The van der Waals surface area contributed by atoms with Crippen molar-refractivity contribution in [2.75, 3.05) is 6.54 Å². The Kier molecular flexibility index (Phi) is 4.31. The third-order valence-electron chi connectivity index (χ3n) is 2.77. The van der Waals surface area contributed by atoms with Crippen LogP contribution in [0.4, 0.5) is 0 Å². The lowest BCUT2D eigenvalue weighted by Gasteiger charge is -2.14. The number of hydrogen-bond donors (Lipinski definition) is 1. The van der Waals surface area contributed by atoms with Crippen molar-refractivity contribution in [2.45, 2.75) is 19.4 Å². The standard InChI is InChI=1S/C15H18N2O/c1-12(15-4-2-3-11-17-15)18-14-7-5-13(6-8-14)9-10-16/h2-8,11-12H,9-10,16H2,1H3. The molecule has 1 unspecified atom stereocenters. The van der Waals surface area contributed by atoms with Crippen LogP contribution in [0, 0.1) is 0 Å². The Morgan fingerprint density at radius 3 is 2.56 bits per heavy atom. The number of nitrogens with zero attached hydrogens (tertiary/aromatic N) is 1. The summed E-state index contributed by atoms with van der Waals surface area (Å²) in [6, 6.07) is 13.9. The summed E-state index contributed by atoms with van der Waals surface area (Å²) in [6.07, 6.45) is 2.63. The molecule has 2 aromatic rings. The summed E-state index contributed by atoms with van der Waals surface area (Å²) >= 11 is 0. The Morgan fingerprint density at radius 2 is 1.94 bits per heavy atom. The van der Waals surface area contributed by atoms with Crippen molar-refractivity contribution in [3.05, 3.63) is 59.9 Å². The molecular weight excluding hydrogens is 224 g/mol. The number of aromatic nitrogens is 1. The monoisotopic (exact) mass is 242 g/mol. The molecule has 94 valence electrons. The minimum Gasteiger partial charge on any atom is -0.484 e. The molecule has 0 aliphatic heterocycles. The van der Waals surface area contributed by atoms with Crippen LogP contribution >= 0.6 is 0 Å². The Hall–Kier alpha value is -1.87. The fraction of sp³-hybridized carbons (Fsp3) is 0.267. The van der Waals surface area contributed by atoms with E-state index in [1.54, 1.807) is 6.20 Å². The van der Waals surface area contributed by atoms with Crippen LogP contribution in [0.3, 0.4) is 0 Å². The van der Waals surface area contributed by atoms with Crippen LogP contribution in [0.25, 0.3) is 0 Å². The molecule has 0 aliphatic rings. The van der Waals surface area contributed by atoms with Gasteiger partial charge in [0.05, 0.1) is 5.69 Å². The number of hydrogen-bond acceptors (Lipinski definition) is 3. The second-order valence-corrected chi connectivity index (χ2v) is 4.20. The van der Waals surface area contributed by atoms with E-state index in [0.717, 1.165) is 17.9 Å². The van der Waals surface area contributed by atoms with Gasteiger partial charge in [-0.15, -0.1) is 0 Å². The minimum atomic E-state index is -0.0495. The smallest absolute Gasteiger partial charge is 0.138 e. The molecule has 1 aromatic carbocycles. The number of rotatable bonds is 5. The van der Waals surface area contributed by atoms with Gasteiger partial charge in [0.2, 0.25) is 0 Å². The Morgan fingerprint density at radius 1 is 1.17 bits per heavy atom. The molecule has 3 heteroatoms. The number of ether oxygens (including phenoxy) is 1. The van der Waals surface area contributed by atoms with Crippen molar-refractivity contribution in [1.29, 1.82) is 0 Å². The highest BCUT2D eigenvalue weighted by Gasteiger charge is 2.07. The number of benzene rings is 1. The molecule has 0 aliphatic carbocycles. The molecule has 0 amide bonds. The average molecular weight is 242 g/mol. The largest absolute Gasteiger partial charge is 0.484 e. The zero-order valence-corrected chi connectivity index (χ0v) is 10.5. The van der Waals surface area contributed by atoms with Gasteiger partial charge in [-0.05, 0) is 49.7 Å². The molecule has 0 saturated heterocycles. The molecule has 1 atom stereocenters. The van der Waals surface area contributed by atoms with Gasteiger partial charge in [0, 0.05) is 6.20 Å². The van der Waals surface area contributed by atoms with Gasteiger partial charge < -0.3 is 10.5 Å². The van der Waals surface area contributed by atoms with E-state index in [0.29, 0.717) is 6.54 Å². The van der Waals surface area contributed by atoms with Crippen molar-refractivity contribution < 1.29 is 4.74 Å². The molecule has 0 spiro atoms. The number of pyridine rings is 1. The van der Waals surface area contributed by atoms with E-state index in [2.05, 4.69) is 4.98 Å². The molecule has 2 rings (SSSR count). The zero-order chi connectivity index (χ0) is 12.8. The second kappa shape index (κ2) is 6.17. The topological polar surface area (TPSA) is 48.1 Å². The summed E-state index contributed by atoms with van der Waals surface area (Å²) in [5, 5.41) is 0. The van der Waals surface area contributed by atoms with Gasteiger partial charge in [-0.1, -0.05) is 18.2 Å². The van der Waals surface area contributed by atoms with Crippen LogP contribution in [-0.4, -0.2) is 11.5 Å². The summed E-state index contributed by atoms with van der Waals surface area (Å²) < 4.78 is 5.84. The van der Waals surface area contributed by atoms with E-state index in [9.17, 15) is 0 Å². The first-order valence-electron chi connectivity index (χ1n) is 6.16. The second-order valence-electron chi connectivity index (χ2n) is 4.20. The van der Waals surface area contributed by atoms with Crippen molar-refractivity contribution >= 4 is 0 Å². The highest BCUT2D eigenvalue weighted by molar-refractivity contribution is 5.28. The predicted molar refractivity (Wildman–Crippen MR) is 72.5 cm³/mol. The molecule has 2 N–H and O–H groups in total. The van der Waals surface area contributed by atoms with E-state index in [1.165, 1.54) is 5.56 Å². The first-order valence-corrected chi connectivity index (χ1v) is 6.16. The summed E-state index contributed by atoms with van der Waals surface area (Å²) in [6.45, 7) is 2.67. The average Bonchev–Trinajstić information content (AvgIpc) is 2.42. The molecule has 0 saturated carbocycles. The van der Waals surface area contributed by atoms with Crippen molar-refractivity contribution in [3.63, 3.8) is 0 Å². The van der Waals surface area contributed by atoms with Gasteiger partial charge in [0.15, 0.2) is 0 Å². The molecule has 0 bridgehead atoms. The SMILES string of the molecule is CC(Oc1ccc(CCN)cc1)c1ccccn1. The van der Waals surface area contributed by atoms with Crippen molar-refractivity contribution in [3.8, 4) is 5.75 Å². The Balaban J connectivity index is 2.01. The van der Waals surface area contributed by atoms with Gasteiger partial charge in [0.25, 0.3) is 0 Å². The fourth-order valence-corrected chi connectivity index (χ4v) is 1.78. The molecule has 0 radical (unpaired) electrons. The summed E-state index contributed by atoms with van der Waals surface area (Å²) in [7, 11) is 0. The maximum atomic E-state index is 5.84. The van der Waals surface area contributed by atoms with Gasteiger partial charge in [-0.2, -0.15) is 0 Å². The highest BCUT2D eigenvalue weighted by Crippen LogP contribution is 2.20. The molecule has 3 nitrogen and oxygen atoms in total. The lowest BCUT2D eigenvalue weighted by Crippen LogP contribution is -2.05. The minimum absolute atomic E-state index is 0.0495. The van der Waals surface area contributed by atoms with Gasteiger partial charge in [0.1, 0.15) is 11.9 Å². The summed E-state index contributed by atoms with van der Waals surface area (Å²) in [4.78, 5) is 4.28. The molecule has 18 heavy (non-hydrogen) atoms. The van der Waals surface area contributed by atoms with Crippen LogP contribution in [0.1, 0.15) is 24.3 Å². The maximum Gasteiger partial charge on any atom is 0.138 e. The quantitative estimate of drug-likeness (QED) is 0.877. The van der Waals surface area contributed by atoms with Crippen molar-refractivity contribution in [1.82, 2.24) is 4.98 Å². The van der Waals surface area contributed by atoms with E-state index in [1.807, 2.05) is 49.4 Å². The highest BCUT2D eigenvalue weighted by atomic mass is 16.5. The Bertz CT molecular complexity index is 468. The van der Waals surface area contributed by atoms with Crippen LogP contribution in [0.15, 0.2) is 48.7 Å². The molecule has 1 aromatic heterocycles. The molecular formula is C15H18N2O.